The van der Waals surface area contributed by atoms with Crippen molar-refractivity contribution in [2.45, 2.75) is 19.5 Å². The molecule has 0 aliphatic carbocycles. The van der Waals surface area contributed by atoms with Crippen LogP contribution in [0.1, 0.15) is 38.8 Å². The molecule has 0 fully saturated rings. The van der Waals surface area contributed by atoms with Crippen LogP contribution in [0.25, 0.3) is 11.3 Å². The summed E-state index contributed by atoms with van der Waals surface area (Å²) >= 11 is 10.0. The van der Waals surface area contributed by atoms with E-state index in [0.717, 1.165) is 32.4 Å². The number of hydrogen-bond donors (Lipinski definition) is 1. The molecular formula is C25H19BrClN3O. The SMILES string of the molecule is Cc1ccc(-c2n[nH]c3c2C(c2cccc(Br)c2)N(Cc2ccccc2Cl)C3=O)cc1. The molecule has 1 N–H and O–H groups in total. The van der Waals surface area contributed by atoms with Gasteiger partial charge in [-0.2, -0.15) is 5.10 Å². The Labute approximate surface area is 194 Å². The second kappa shape index (κ2) is 7.98. The third-order valence-corrected chi connectivity index (χ3v) is 6.51. The maximum Gasteiger partial charge on any atom is 0.273 e. The van der Waals surface area contributed by atoms with Gasteiger partial charge in [-0.3, -0.25) is 9.89 Å². The van der Waals surface area contributed by atoms with Gasteiger partial charge < -0.3 is 4.90 Å². The van der Waals surface area contributed by atoms with Crippen molar-refractivity contribution in [3.8, 4) is 11.3 Å². The van der Waals surface area contributed by atoms with Gasteiger partial charge in [0.15, 0.2) is 0 Å². The molecule has 1 unspecified atom stereocenters. The molecule has 0 saturated heterocycles. The van der Waals surface area contributed by atoms with Crippen LogP contribution >= 0.6 is 27.5 Å². The molecule has 0 saturated carbocycles. The first kappa shape index (κ1) is 20.0. The quantitative estimate of drug-likeness (QED) is 0.351. The van der Waals surface area contributed by atoms with Crippen molar-refractivity contribution in [3.05, 3.63) is 110 Å². The zero-order valence-corrected chi connectivity index (χ0v) is 19.1. The number of aryl methyl sites for hydroxylation is 1. The van der Waals surface area contributed by atoms with Gasteiger partial charge in [-0.05, 0) is 36.2 Å². The number of H-pyrrole nitrogens is 1. The molecule has 1 aliphatic heterocycles. The molecule has 154 valence electrons. The zero-order chi connectivity index (χ0) is 21.5. The lowest BCUT2D eigenvalue weighted by Gasteiger charge is -2.27. The van der Waals surface area contributed by atoms with Gasteiger partial charge >= 0.3 is 0 Å². The number of hydrogen-bond acceptors (Lipinski definition) is 2. The Morgan fingerprint density at radius 1 is 1.06 bits per heavy atom. The second-order valence-electron chi connectivity index (χ2n) is 7.71. The minimum absolute atomic E-state index is 0.0780. The van der Waals surface area contributed by atoms with Crippen LogP contribution in [0.5, 0.6) is 0 Å². The van der Waals surface area contributed by atoms with Crippen molar-refractivity contribution in [2.24, 2.45) is 0 Å². The smallest absolute Gasteiger partial charge is 0.273 e. The van der Waals surface area contributed by atoms with Gasteiger partial charge in [-0.15, -0.1) is 0 Å². The zero-order valence-electron chi connectivity index (χ0n) is 16.8. The fraction of sp³-hybridized carbons (Fsp3) is 0.120. The number of carbonyl (C=O) groups excluding carboxylic acids is 1. The van der Waals surface area contributed by atoms with E-state index in [9.17, 15) is 4.79 Å². The lowest BCUT2D eigenvalue weighted by atomic mass is 9.95. The molecule has 0 radical (unpaired) electrons. The minimum Gasteiger partial charge on any atom is -0.322 e. The number of aromatic amines is 1. The van der Waals surface area contributed by atoms with Gasteiger partial charge in [0, 0.05) is 27.2 Å². The predicted molar refractivity (Wildman–Crippen MR) is 126 cm³/mol. The van der Waals surface area contributed by atoms with Crippen LogP contribution < -0.4 is 0 Å². The summed E-state index contributed by atoms with van der Waals surface area (Å²) in [7, 11) is 0. The van der Waals surface area contributed by atoms with E-state index in [4.69, 9.17) is 11.6 Å². The van der Waals surface area contributed by atoms with Crippen molar-refractivity contribution < 1.29 is 4.79 Å². The molecule has 0 bridgehead atoms. The Morgan fingerprint density at radius 3 is 2.58 bits per heavy atom. The van der Waals surface area contributed by atoms with E-state index < -0.39 is 0 Å². The Kier molecular flexibility index (Phi) is 5.16. The van der Waals surface area contributed by atoms with Crippen LogP contribution in [0.15, 0.2) is 77.3 Å². The fourth-order valence-corrected chi connectivity index (χ4v) is 4.74. The summed E-state index contributed by atoms with van der Waals surface area (Å²) in [5.41, 5.74) is 6.32. The maximum absolute atomic E-state index is 13.5. The summed E-state index contributed by atoms with van der Waals surface area (Å²) in [6.07, 6.45) is 0. The van der Waals surface area contributed by atoms with Gasteiger partial charge in [0.1, 0.15) is 5.69 Å². The largest absolute Gasteiger partial charge is 0.322 e. The van der Waals surface area contributed by atoms with Crippen LogP contribution in [0.2, 0.25) is 5.02 Å². The molecule has 31 heavy (non-hydrogen) atoms. The number of amides is 1. The lowest BCUT2D eigenvalue weighted by Crippen LogP contribution is -2.29. The summed E-state index contributed by atoms with van der Waals surface area (Å²) in [5.74, 6) is -0.0780. The van der Waals surface area contributed by atoms with Gasteiger partial charge in [-0.25, -0.2) is 0 Å². The molecule has 2 heterocycles. The highest BCUT2D eigenvalue weighted by molar-refractivity contribution is 9.10. The molecule has 0 spiro atoms. The second-order valence-corrected chi connectivity index (χ2v) is 9.03. The number of nitrogens with zero attached hydrogens (tertiary/aromatic N) is 2. The van der Waals surface area contributed by atoms with E-state index >= 15 is 0 Å². The summed E-state index contributed by atoms with van der Waals surface area (Å²) < 4.78 is 0.962. The van der Waals surface area contributed by atoms with Gasteiger partial charge in [0.25, 0.3) is 5.91 Å². The van der Waals surface area contributed by atoms with E-state index in [1.54, 1.807) is 0 Å². The monoisotopic (exact) mass is 491 g/mol. The molecule has 5 rings (SSSR count). The number of benzene rings is 3. The van der Waals surface area contributed by atoms with Crippen LogP contribution in [-0.4, -0.2) is 21.0 Å². The molecule has 1 atom stereocenters. The molecule has 1 aromatic heterocycles. The molecule has 4 nitrogen and oxygen atoms in total. The maximum atomic E-state index is 13.5. The highest BCUT2D eigenvalue weighted by Crippen LogP contribution is 2.44. The topological polar surface area (TPSA) is 49.0 Å². The number of carbonyl (C=O) groups is 1. The van der Waals surface area contributed by atoms with Crippen LogP contribution in [-0.2, 0) is 6.54 Å². The first-order chi connectivity index (χ1) is 15.0. The number of fused-ring (bicyclic) bond motifs is 1. The average Bonchev–Trinajstić information content (AvgIpc) is 3.30. The number of rotatable bonds is 4. The van der Waals surface area contributed by atoms with E-state index in [1.165, 1.54) is 5.56 Å². The first-order valence-electron chi connectivity index (χ1n) is 9.98. The highest BCUT2D eigenvalue weighted by atomic mass is 79.9. The standard InChI is InChI=1S/C25H19BrClN3O/c1-15-9-11-16(12-10-15)22-21-23(29-28-22)25(31)30(14-18-5-2-3-8-20(18)27)24(21)17-6-4-7-19(26)13-17/h2-13,24H,14H2,1H3,(H,28,29). The lowest BCUT2D eigenvalue weighted by molar-refractivity contribution is 0.0730. The first-order valence-corrected chi connectivity index (χ1v) is 11.1. The number of nitrogens with one attached hydrogen (secondary N) is 1. The molecule has 6 heteroatoms. The Balaban J connectivity index is 1.66. The number of aromatic nitrogens is 2. The van der Waals surface area contributed by atoms with E-state index in [0.29, 0.717) is 17.3 Å². The molecular weight excluding hydrogens is 474 g/mol. The molecule has 3 aromatic carbocycles. The van der Waals surface area contributed by atoms with E-state index in [2.05, 4.69) is 51.3 Å². The van der Waals surface area contributed by atoms with Crippen LogP contribution in [0, 0.1) is 6.92 Å². The molecule has 4 aromatic rings. The number of halogens is 2. The van der Waals surface area contributed by atoms with Gasteiger partial charge in [-0.1, -0.05) is 87.7 Å². The van der Waals surface area contributed by atoms with E-state index in [1.807, 2.05) is 59.5 Å². The normalized spacial score (nSPS) is 15.4. The van der Waals surface area contributed by atoms with Gasteiger partial charge in [0.05, 0.1) is 11.7 Å². The average molecular weight is 493 g/mol. The Bertz CT molecular complexity index is 1280. The van der Waals surface area contributed by atoms with Crippen LogP contribution in [0.3, 0.4) is 0 Å². The van der Waals surface area contributed by atoms with E-state index in [-0.39, 0.29) is 11.9 Å². The van der Waals surface area contributed by atoms with Crippen LogP contribution in [0.4, 0.5) is 0 Å². The third kappa shape index (κ3) is 3.58. The third-order valence-electron chi connectivity index (χ3n) is 5.65. The van der Waals surface area contributed by atoms with Crippen molar-refractivity contribution in [3.63, 3.8) is 0 Å². The van der Waals surface area contributed by atoms with Crippen molar-refractivity contribution in [2.75, 3.05) is 0 Å². The van der Waals surface area contributed by atoms with Crippen molar-refractivity contribution in [1.82, 2.24) is 15.1 Å². The Hall–Kier alpha value is -2.89. The fourth-order valence-electron chi connectivity index (χ4n) is 4.12. The summed E-state index contributed by atoms with van der Waals surface area (Å²) in [5, 5.41) is 8.19. The van der Waals surface area contributed by atoms with Crippen molar-refractivity contribution >= 4 is 33.4 Å². The summed E-state index contributed by atoms with van der Waals surface area (Å²) in [4.78, 5) is 15.3. The van der Waals surface area contributed by atoms with Gasteiger partial charge in [0.2, 0.25) is 0 Å². The van der Waals surface area contributed by atoms with Crippen molar-refractivity contribution in [1.29, 1.82) is 0 Å². The summed E-state index contributed by atoms with van der Waals surface area (Å²) in [6.45, 7) is 2.46. The predicted octanol–water partition coefficient (Wildman–Crippen LogP) is 6.55. The Morgan fingerprint density at radius 2 is 1.84 bits per heavy atom. The minimum atomic E-state index is -0.272. The molecule has 1 amide bonds. The summed E-state index contributed by atoms with van der Waals surface area (Å²) in [6, 6.07) is 23.6. The molecule has 1 aliphatic rings. The highest BCUT2D eigenvalue weighted by Gasteiger charge is 2.42.